The Labute approximate surface area is 94.8 Å². The smallest absolute Gasteiger partial charge is 0.326 e. The van der Waals surface area contributed by atoms with Crippen LogP contribution in [0.15, 0.2) is 27.6 Å². The monoisotopic (exact) mass is 293 g/mol. The second-order valence-electron chi connectivity index (χ2n) is 2.65. The Morgan fingerprint density at radius 3 is 2.53 bits per heavy atom. The number of carbonyl (C=O) groups is 1. The second-order valence-corrected chi connectivity index (χ2v) is 5.22. The van der Waals surface area contributed by atoms with Crippen LogP contribution in [0.25, 0.3) is 0 Å². The lowest BCUT2D eigenvalue weighted by Gasteiger charge is -2.07. The summed E-state index contributed by atoms with van der Waals surface area (Å²) in [6, 6.07) is 3.10. The van der Waals surface area contributed by atoms with E-state index in [9.17, 15) is 13.2 Å². The fourth-order valence-electron chi connectivity index (χ4n) is 0.928. The van der Waals surface area contributed by atoms with Crippen LogP contribution in [0.5, 0.6) is 0 Å². The zero-order valence-corrected chi connectivity index (χ0v) is 9.80. The van der Waals surface area contributed by atoms with Gasteiger partial charge in [-0.2, -0.15) is 0 Å². The molecule has 5 N–H and O–H groups in total. The molecule has 0 radical (unpaired) electrons. The quantitative estimate of drug-likeness (QED) is 0.684. The molecule has 1 rings (SSSR count). The molecule has 2 amide bonds. The summed E-state index contributed by atoms with van der Waals surface area (Å²) in [5.41, 5.74) is 10.2. The summed E-state index contributed by atoms with van der Waals surface area (Å²) >= 11 is 3.09. The minimum atomic E-state index is -3.99. The minimum Gasteiger partial charge on any atom is -0.398 e. The standard InChI is InChI=1S/C7H8BrN3O3S/c8-4-1-2-5(9)6(3-4)15(13,14)11-7(10)12/h1-3H,9H2,(H3,10,11,12). The normalized spacial score (nSPS) is 11.0. The van der Waals surface area contributed by atoms with E-state index in [-0.39, 0.29) is 10.6 Å². The van der Waals surface area contributed by atoms with Crippen LogP contribution in [-0.4, -0.2) is 14.4 Å². The van der Waals surface area contributed by atoms with Gasteiger partial charge in [-0.1, -0.05) is 15.9 Å². The van der Waals surface area contributed by atoms with E-state index in [1.165, 1.54) is 12.1 Å². The highest BCUT2D eigenvalue weighted by Crippen LogP contribution is 2.22. The van der Waals surface area contributed by atoms with Gasteiger partial charge in [-0.3, -0.25) is 0 Å². The number of urea groups is 1. The van der Waals surface area contributed by atoms with Crippen molar-refractivity contribution in [1.82, 2.24) is 4.72 Å². The highest BCUT2D eigenvalue weighted by Gasteiger charge is 2.19. The van der Waals surface area contributed by atoms with Gasteiger partial charge in [0.25, 0.3) is 10.0 Å². The third-order valence-electron chi connectivity index (χ3n) is 1.50. The Morgan fingerprint density at radius 2 is 2.00 bits per heavy atom. The number of benzene rings is 1. The van der Waals surface area contributed by atoms with E-state index in [0.29, 0.717) is 4.47 Å². The summed E-state index contributed by atoms with van der Waals surface area (Å²) in [6.45, 7) is 0. The molecule has 0 spiro atoms. The van der Waals surface area contributed by atoms with Gasteiger partial charge in [0.15, 0.2) is 0 Å². The van der Waals surface area contributed by atoms with Gasteiger partial charge in [0, 0.05) is 4.47 Å². The summed E-state index contributed by atoms with van der Waals surface area (Å²) in [7, 11) is -3.99. The summed E-state index contributed by atoms with van der Waals surface area (Å²) in [5, 5.41) is 0. The maximum atomic E-state index is 11.5. The number of hydrogen-bond donors (Lipinski definition) is 3. The lowest BCUT2D eigenvalue weighted by Crippen LogP contribution is -2.35. The van der Waals surface area contributed by atoms with Crippen molar-refractivity contribution in [3.8, 4) is 0 Å². The average molecular weight is 294 g/mol. The summed E-state index contributed by atoms with van der Waals surface area (Å²) in [4.78, 5) is 10.3. The third kappa shape index (κ3) is 2.83. The van der Waals surface area contributed by atoms with Crippen LogP contribution < -0.4 is 16.2 Å². The van der Waals surface area contributed by atoms with Crippen molar-refractivity contribution in [2.75, 3.05) is 5.73 Å². The SMILES string of the molecule is NC(=O)NS(=O)(=O)c1cc(Br)ccc1N. The van der Waals surface area contributed by atoms with Crippen molar-refractivity contribution in [3.63, 3.8) is 0 Å². The van der Waals surface area contributed by atoms with Gasteiger partial charge in [0.2, 0.25) is 0 Å². The number of rotatable bonds is 2. The van der Waals surface area contributed by atoms with Crippen LogP contribution in [-0.2, 0) is 10.0 Å². The maximum absolute atomic E-state index is 11.5. The predicted octanol–water partition coefficient (Wildman–Crippen LogP) is 0.388. The number of carbonyl (C=O) groups excluding carboxylic acids is 1. The topological polar surface area (TPSA) is 115 Å². The van der Waals surface area contributed by atoms with E-state index in [4.69, 9.17) is 11.5 Å². The Hall–Kier alpha value is -1.28. The molecular weight excluding hydrogens is 286 g/mol. The van der Waals surface area contributed by atoms with Crippen LogP contribution in [0.2, 0.25) is 0 Å². The van der Waals surface area contributed by atoms with E-state index in [0.717, 1.165) is 0 Å². The zero-order valence-electron chi connectivity index (χ0n) is 7.40. The van der Waals surface area contributed by atoms with Gasteiger partial charge in [0.1, 0.15) is 4.90 Å². The van der Waals surface area contributed by atoms with Crippen molar-refractivity contribution in [1.29, 1.82) is 0 Å². The molecule has 0 fully saturated rings. The van der Waals surface area contributed by atoms with Gasteiger partial charge in [-0.25, -0.2) is 17.9 Å². The Kier molecular flexibility index (Phi) is 3.20. The van der Waals surface area contributed by atoms with Crippen molar-refractivity contribution in [3.05, 3.63) is 22.7 Å². The van der Waals surface area contributed by atoms with Crippen LogP contribution in [0.3, 0.4) is 0 Å². The molecule has 1 aromatic carbocycles. The summed E-state index contributed by atoms with van der Waals surface area (Å²) in [5.74, 6) is 0. The molecule has 82 valence electrons. The molecular formula is C7H8BrN3O3S. The number of sulfonamides is 1. The van der Waals surface area contributed by atoms with Crippen molar-refractivity contribution < 1.29 is 13.2 Å². The molecule has 0 aliphatic carbocycles. The minimum absolute atomic E-state index is 0.0342. The highest BCUT2D eigenvalue weighted by atomic mass is 79.9. The number of halogens is 1. The molecule has 0 saturated carbocycles. The first-order valence-corrected chi connectivity index (χ1v) is 5.98. The molecule has 0 unspecified atom stereocenters. The van der Waals surface area contributed by atoms with Gasteiger partial charge in [-0.05, 0) is 18.2 Å². The van der Waals surface area contributed by atoms with Gasteiger partial charge >= 0.3 is 6.03 Å². The summed E-state index contributed by atoms with van der Waals surface area (Å²) in [6.07, 6.45) is 0. The van der Waals surface area contributed by atoms with Crippen LogP contribution in [0.4, 0.5) is 10.5 Å². The number of hydrogen-bond acceptors (Lipinski definition) is 4. The Morgan fingerprint density at radius 1 is 1.40 bits per heavy atom. The highest BCUT2D eigenvalue weighted by molar-refractivity contribution is 9.10. The molecule has 0 bridgehead atoms. The molecule has 1 aromatic rings. The average Bonchev–Trinajstić information content (AvgIpc) is 2.06. The second kappa shape index (κ2) is 4.07. The molecule has 6 nitrogen and oxygen atoms in total. The fourth-order valence-corrected chi connectivity index (χ4v) is 2.48. The first-order chi connectivity index (χ1) is 6.83. The van der Waals surface area contributed by atoms with Gasteiger partial charge in [-0.15, -0.1) is 0 Å². The molecule has 0 heterocycles. The van der Waals surface area contributed by atoms with E-state index >= 15 is 0 Å². The van der Waals surface area contributed by atoms with E-state index < -0.39 is 16.1 Å². The molecule has 0 aliphatic heterocycles. The number of primary amides is 1. The number of nitrogens with one attached hydrogen (secondary N) is 1. The van der Waals surface area contributed by atoms with E-state index in [1.807, 2.05) is 0 Å². The number of anilines is 1. The predicted molar refractivity (Wildman–Crippen MR) is 58.5 cm³/mol. The third-order valence-corrected chi connectivity index (χ3v) is 3.40. The molecule has 0 aliphatic rings. The number of amides is 2. The molecule has 0 aromatic heterocycles. The van der Waals surface area contributed by atoms with Crippen LogP contribution in [0.1, 0.15) is 0 Å². The fraction of sp³-hybridized carbons (Fsp3) is 0. The van der Waals surface area contributed by atoms with Gasteiger partial charge < -0.3 is 11.5 Å². The number of nitrogens with two attached hydrogens (primary N) is 2. The molecule has 0 atom stereocenters. The lowest BCUT2D eigenvalue weighted by atomic mass is 10.3. The molecule has 15 heavy (non-hydrogen) atoms. The first-order valence-electron chi connectivity index (χ1n) is 3.70. The summed E-state index contributed by atoms with van der Waals surface area (Å²) < 4.78 is 25.1. The number of nitrogen functional groups attached to an aromatic ring is 1. The zero-order chi connectivity index (χ0) is 11.6. The molecule has 0 saturated heterocycles. The largest absolute Gasteiger partial charge is 0.398 e. The van der Waals surface area contributed by atoms with Crippen molar-refractivity contribution in [2.24, 2.45) is 5.73 Å². The van der Waals surface area contributed by atoms with Crippen LogP contribution in [0, 0.1) is 0 Å². The Bertz CT molecular complexity index is 500. The van der Waals surface area contributed by atoms with Crippen molar-refractivity contribution >= 4 is 37.7 Å². The maximum Gasteiger partial charge on any atom is 0.326 e. The van der Waals surface area contributed by atoms with Crippen molar-refractivity contribution in [2.45, 2.75) is 4.90 Å². The first kappa shape index (κ1) is 11.8. The molecule has 8 heteroatoms. The van der Waals surface area contributed by atoms with E-state index in [1.54, 1.807) is 10.8 Å². The van der Waals surface area contributed by atoms with Gasteiger partial charge in [0.05, 0.1) is 5.69 Å². The lowest BCUT2D eigenvalue weighted by molar-refractivity contribution is 0.253. The van der Waals surface area contributed by atoms with E-state index in [2.05, 4.69) is 15.9 Å². The Balaban J connectivity index is 3.26. The van der Waals surface area contributed by atoms with Crippen LogP contribution >= 0.6 is 15.9 Å².